The first-order valence-electron chi connectivity index (χ1n) is 11.7. The van der Waals surface area contributed by atoms with Gasteiger partial charge in [0.15, 0.2) is 0 Å². The summed E-state index contributed by atoms with van der Waals surface area (Å²) >= 11 is 6.02. The summed E-state index contributed by atoms with van der Waals surface area (Å²) in [5, 5.41) is 9.84. The molecule has 3 aromatic rings. The van der Waals surface area contributed by atoms with E-state index in [1.165, 1.54) is 0 Å². The number of carbonyl (C=O) groups is 1. The monoisotopic (exact) mass is 484 g/mol. The summed E-state index contributed by atoms with van der Waals surface area (Å²) in [5.74, 6) is 0.0315. The molecule has 0 aliphatic rings. The number of amides is 1. The molecule has 8 heteroatoms. The number of fused-ring (bicyclic) bond motifs is 1. The van der Waals surface area contributed by atoms with Crippen molar-refractivity contribution >= 4 is 28.3 Å². The van der Waals surface area contributed by atoms with E-state index >= 15 is 0 Å². The van der Waals surface area contributed by atoms with Gasteiger partial charge in [-0.05, 0) is 50.2 Å². The van der Waals surface area contributed by atoms with Gasteiger partial charge in [-0.1, -0.05) is 41.9 Å². The highest BCUT2D eigenvalue weighted by molar-refractivity contribution is 6.30. The molecule has 2 aromatic carbocycles. The minimum absolute atomic E-state index is 0.0315. The lowest BCUT2D eigenvalue weighted by atomic mass is 10.0. The minimum atomic E-state index is -0.0588. The zero-order chi connectivity index (χ0) is 24.3. The lowest BCUT2D eigenvalue weighted by Crippen LogP contribution is -2.31. The number of aromatic nitrogens is 2. The van der Waals surface area contributed by atoms with Gasteiger partial charge in [0.1, 0.15) is 0 Å². The summed E-state index contributed by atoms with van der Waals surface area (Å²) in [6.07, 6.45) is 2.83. The van der Waals surface area contributed by atoms with Crippen LogP contribution in [0.2, 0.25) is 5.02 Å². The molecule has 1 heterocycles. The molecule has 0 saturated heterocycles. The first-order chi connectivity index (χ1) is 16.5. The summed E-state index contributed by atoms with van der Waals surface area (Å²) in [6.45, 7) is 3.16. The first kappa shape index (κ1) is 25.9. The quantitative estimate of drug-likeness (QED) is 0.376. The fraction of sp³-hybridized carbons (Fsp3) is 0.423. The highest BCUT2D eigenvalue weighted by atomic mass is 35.5. The predicted molar refractivity (Wildman–Crippen MR) is 136 cm³/mol. The van der Waals surface area contributed by atoms with Gasteiger partial charge in [-0.25, -0.2) is 4.68 Å². The van der Waals surface area contributed by atoms with E-state index in [0.29, 0.717) is 49.5 Å². The number of unbranched alkanes of at least 4 members (excludes halogenated alkanes) is 1. The molecular formula is C26H33ClN4O3. The molecule has 0 fully saturated rings. The molecule has 0 aliphatic carbocycles. The van der Waals surface area contributed by atoms with Gasteiger partial charge < -0.3 is 15.0 Å². The average molecular weight is 485 g/mol. The van der Waals surface area contributed by atoms with Gasteiger partial charge in [0, 0.05) is 50.0 Å². The maximum absolute atomic E-state index is 13.0. The van der Waals surface area contributed by atoms with Gasteiger partial charge in [-0.15, -0.1) is 0 Å². The molecule has 1 amide bonds. The third-order valence-corrected chi connectivity index (χ3v) is 5.99. The first-order valence-corrected chi connectivity index (χ1v) is 12.0. The van der Waals surface area contributed by atoms with E-state index in [1.54, 1.807) is 11.8 Å². The van der Waals surface area contributed by atoms with Crippen molar-refractivity contribution < 1.29 is 9.53 Å². The summed E-state index contributed by atoms with van der Waals surface area (Å²) in [4.78, 5) is 27.0. The Labute approximate surface area is 205 Å². The topological polar surface area (TPSA) is 76.5 Å². The lowest BCUT2D eigenvalue weighted by Gasteiger charge is -2.16. The van der Waals surface area contributed by atoms with Crippen LogP contribution in [0, 0.1) is 0 Å². The van der Waals surface area contributed by atoms with Crippen LogP contribution >= 0.6 is 11.6 Å². The number of nitrogens with one attached hydrogen (secondary N) is 1. The molecule has 0 unspecified atom stereocenters. The van der Waals surface area contributed by atoms with Gasteiger partial charge in [0.2, 0.25) is 5.91 Å². The number of ether oxygens (including phenoxy) is 1. The number of halogens is 1. The molecule has 0 atom stereocenters. The number of methoxy groups -OCH3 is 1. The van der Waals surface area contributed by atoms with E-state index in [4.69, 9.17) is 21.4 Å². The third kappa shape index (κ3) is 7.65. The zero-order valence-electron chi connectivity index (χ0n) is 19.9. The number of hydrogen-bond donors (Lipinski definition) is 1. The second-order valence-electron chi connectivity index (χ2n) is 8.43. The van der Waals surface area contributed by atoms with Crippen molar-refractivity contribution in [3.63, 3.8) is 0 Å². The van der Waals surface area contributed by atoms with Crippen LogP contribution in [0.25, 0.3) is 10.8 Å². The van der Waals surface area contributed by atoms with Gasteiger partial charge in [0.05, 0.1) is 17.7 Å². The van der Waals surface area contributed by atoms with Crippen molar-refractivity contribution in [2.45, 2.75) is 32.2 Å². The highest BCUT2D eigenvalue weighted by Crippen LogP contribution is 2.18. The Morgan fingerprint density at radius 1 is 1.09 bits per heavy atom. The molecule has 0 spiro atoms. The Morgan fingerprint density at radius 2 is 1.82 bits per heavy atom. The number of nitrogens with zero attached hydrogens (tertiary/aromatic N) is 3. The maximum Gasteiger partial charge on any atom is 0.274 e. The molecule has 0 saturated carbocycles. The van der Waals surface area contributed by atoms with Crippen LogP contribution in [0.5, 0.6) is 0 Å². The van der Waals surface area contributed by atoms with Gasteiger partial charge >= 0.3 is 0 Å². The number of benzene rings is 2. The van der Waals surface area contributed by atoms with Crippen LogP contribution in [0.3, 0.4) is 0 Å². The Balaban J connectivity index is 1.57. The molecule has 3 rings (SSSR count). The van der Waals surface area contributed by atoms with E-state index in [2.05, 4.69) is 10.2 Å². The average Bonchev–Trinajstić information content (AvgIpc) is 2.84. The molecule has 0 bridgehead atoms. The lowest BCUT2D eigenvalue weighted by molar-refractivity contribution is -0.121. The van der Waals surface area contributed by atoms with E-state index in [0.717, 1.165) is 36.0 Å². The van der Waals surface area contributed by atoms with Crippen molar-refractivity contribution in [1.29, 1.82) is 0 Å². The van der Waals surface area contributed by atoms with Crippen LogP contribution in [-0.2, 0) is 22.5 Å². The zero-order valence-corrected chi connectivity index (χ0v) is 20.7. The molecule has 182 valence electrons. The van der Waals surface area contributed by atoms with E-state index in [-0.39, 0.29) is 11.5 Å². The molecule has 0 radical (unpaired) electrons. The summed E-state index contributed by atoms with van der Waals surface area (Å²) in [6, 6.07) is 15.4. The number of aryl methyl sites for hydroxylation is 1. The van der Waals surface area contributed by atoms with E-state index < -0.39 is 0 Å². The summed E-state index contributed by atoms with van der Waals surface area (Å²) in [7, 11) is 3.62. The van der Waals surface area contributed by atoms with Crippen molar-refractivity contribution in [1.82, 2.24) is 20.0 Å². The van der Waals surface area contributed by atoms with Crippen molar-refractivity contribution in [2.75, 3.05) is 40.4 Å². The SMILES string of the molecule is COCCNC(=O)CCN(C)CCCCn1nc(Cc2ccc(Cl)cc2)c2ccccc2c1=O. The highest BCUT2D eigenvalue weighted by Gasteiger charge is 2.11. The van der Waals surface area contributed by atoms with Crippen molar-refractivity contribution in [3.8, 4) is 0 Å². The number of rotatable bonds is 13. The second-order valence-corrected chi connectivity index (χ2v) is 8.86. The normalized spacial score (nSPS) is 11.3. The Kier molecular flexibility index (Phi) is 10.1. The number of hydrogen-bond acceptors (Lipinski definition) is 5. The van der Waals surface area contributed by atoms with Crippen LogP contribution in [-0.4, -0.2) is 61.0 Å². The predicted octanol–water partition coefficient (Wildman–Crippen LogP) is 3.51. The smallest absolute Gasteiger partial charge is 0.274 e. The third-order valence-electron chi connectivity index (χ3n) is 5.74. The van der Waals surface area contributed by atoms with Crippen molar-refractivity contribution in [3.05, 3.63) is 75.2 Å². The molecule has 1 aromatic heterocycles. The van der Waals surface area contributed by atoms with Gasteiger partial charge in [0.25, 0.3) is 5.56 Å². The Hall–Kier alpha value is -2.74. The Morgan fingerprint density at radius 3 is 2.56 bits per heavy atom. The van der Waals surface area contributed by atoms with Crippen LogP contribution in [0.4, 0.5) is 0 Å². The molecular weight excluding hydrogens is 452 g/mol. The number of carbonyl (C=O) groups excluding carboxylic acids is 1. The summed E-state index contributed by atoms with van der Waals surface area (Å²) < 4.78 is 6.53. The molecule has 1 N–H and O–H groups in total. The minimum Gasteiger partial charge on any atom is -0.383 e. The summed E-state index contributed by atoms with van der Waals surface area (Å²) in [5.41, 5.74) is 1.92. The van der Waals surface area contributed by atoms with Crippen LogP contribution in [0.1, 0.15) is 30.5 Å². The Bertz CT molecular complexity index is 1130. The standard InChI is InChI=1S/C26H33ClN4O3/c1-30(17-13-25(32)28-14-18-34-2)15-5-6-16-31-26(33)23-8-4-3-7-22(23)24(29-31)19-20-9-11-21(27)12-10-20/h3-4,7-12H,5-6,13-19H2,1-2H3,(H,28,32). The fourth-order valence-electron chi connectivity index (χ4n) is 3.81. The van der Waals surface area contributed by atoms with E-state index in [9.17, 15) is 9.59 Å². The van der Waals surface area contributed by atoms with Crippen LogP contribution < -0.4 is 10.9 Å². The second kappa shape index (κ2) is 13.2. The fourth-order valence-corrected chi connectivity index (χ4v) is 3.94. The molecule has 7 nitrogen and oxygen atoms in total. The van der Waals surface area contributed by atoms with Gasteiger partial charge in [-0.2, -0.15) is 5.10 Å². The largest absolute Gasteiger partial charge is 0.383 e. The van der Waals surface area contributed by atoms with Gasteiger partial charge in [-0.3, -0.25) is 9.59 Å². The molecule has 34 heavy (non-hydrogen) atoms. The maximum atomic E-state index is 13.0. The van der Waals surface area contributed by atoms with Crippen LogP contribution in [0.15, 0.2) is 53.3 Å². The van der Waals surface area contributed by atoms with Crippen molar-refractivity contribution in [2.24, 2.45) is 0 Å². The van der Waals surface area contributed by atoms with E-state index in [1.807, 2.05) is 55.6 Å². The molecule has 0 aliphatic heterocycles.